The van der Waals surface area contributed by atoms with Crippen molar-refractivity contribution < 1.29 is 4.74 Å². The topological polar surface area (TPSA) is 27.1 Å². The van der Waals surface area contributed by atoms with Gasteiger partial charge in [-0.1, -0.05) is 47.5 Å². The Morgan fingerprint density at radius 1 is 1.12 bits per heavy atom. The van der Waals surface area contributed by atoms with Crippen LogP contribution < -0.4 is 4.74 Å². The summed E-state index contributed by atoms with van der Waals surface area (Å²) < 4.78 is 7.84. The van der Waals surface area contributed by atoms with E-state index in [9.17, 15) is 0 Å². The molecule has 136 valence electrons. The van der Waals surface area contributed by atoms with Crippen LogP contribution in [0.3, 0.4) is 0 Å². The number of nitrogens with zero attached hydrogens (tertiary/aromatic N) is 2. The molecule has 0 aliphatic heterocycles. The maximum atomic E-state index is 6.44. The lowest BCUT2D eigenvalue weighted by molar-refractivity contribution is 0.318. The molecule has 2 aromatic carbocycles. The fraction of sp³-hybridized carbons (Fsp3) is 0.250. The number of benzene rings is 2. The SMILES string of the molecule is Clc1ccc(C(Cn2ccnc2)SCCCOc2ccccc2)c(Cl)c1. The van der Waals surface area contributed by atoms with Gasteiger partial charge in [-0.05, 0) is 42.0 Å². The summed E-state index contributed by atoms with van der Waals surface area (Å²) in [5.41, 5.74) is 1.10. The number of para-hydroxylation sites is 1. The van der Waals surface area contributed by atoms with E-state index in [-0.39, 0.29) is 5.25 Å². The molecule has 3 rings (SSSR count). The summed E-state index contributed by atoms with van der Waals surface area (Å²) in [4.78, 5) is 4.13. The summed E-state index contributed by atoms with van der Waals surface area (Å²) in [5.74, 6) is 1.89. The van der Waals surface area contributed by atoms with Crippen LogP contribution in [0, 0.1) is 0 Å². The average molecular weight is 407 g/mol. The quantitative estimate of drug-likeness (QED) is 0.399. The van der Waals surface area contributed by atoms with Crippen LogP contribution in [-0.2, 0) is 6.54 Å². The van der Waals surface area contributed by atoms with E-state index in [0.717, 1.165) is 30.0 Å². The molecule has 0 aliphatic rings. The molecular weight excluding hydrogens is 387 g/mol. The maximum absolute atomic E-state index is 6.44. The Morgan fingerprint density at radius 3 is 2.69 bits per heavy atom. The first-order chi connectivity index (χ1) is 12.7. The van der Waals surface area contributed by atoms with Crippen molar-refractivity contribution in [2.24, 2.45) is 0 Å². The van der Waals surface area contributed by atoms with Crippen molar-refractivity contribution in [1.29, 1.82) is 0 Å². The van der Waals surface area contributed by atoms with E-state index in [4.69, 9.17) is 27.9 Å². The third kappa shape index (κ3) is 5.70. The van der Waals surface area contributed by atoms with Crippen molar-refractivity contribution in [2.75, 3.05) is 12.4 Å². The molecule has 1 heterocycles. The number of halogens is 2. The van der Waals surface area contributed by atoms with Crippen molar-refractivity contribution in [3.05, 3.63) is 82.9 Å². The zero-order valence-corrected chi connectivity index (χ0v) is 16.6. The van der Waals surface area contributed by atoms with Crippen LogP contribution in [-0.4, -0.2) is 21.9 Å². The lowest BCUT2D eigenvalue weighted by Crippen LogP contribution is -2.07. The number of ether oxygens (including phenoxy) is 1. The van der Waals surface area contributed by atoms with Gasteiger partial charge in [0.25, 0.3) is 0 Å². The highest BCUT2D eigenvalue weighted by molar-refractivity contribution is 7.99. The molecule has 0 aliphatic carbocycles. The van der Waals surface area contributed by atoms with Gasteiger partial charge in [-0.3, -0.25) is 0 Å². The summed E-state index contributed by atoms with van der Waals surface area (Å²) in [6, 6.07) is 15.6. The molecule has 0 saturated carbocycles. The van der Waals surface area contributed by atoms with Crippen molar-refractivity contribution in [3.8, 4) is 5.75 Å². The Morgan fingerprint density at radius 2 is 1.96 bits per heavy atom. The van der Waals surface area contributed by atoms with Crippen LogP contribution in [0.15, 0.2) is 67.3 Å². The molecule has 0 radical (unpaired) electrons. The third-order valence-electron chi connectivity index (χ3n) is 3.86. The molecule has 3 aromatic rings. The second-order valence-corrected chi connectivity index (χ2v) is 7.95. The van der Waals surface area contributed by atoms with Crippen LogP contribution >= 0.6 is 35.0 Å². The Labute approximate surface area is 168 Å². The molecule has 1 unspecified atom stereocenters. The smallest absolute Gasteiger partial charge is 0.119 e. The molecule has 1 aromatic heterocycles. The highest BCUT2D eigenvalue weighted by Gasteiger charge is 2.16. The van der Waals surface area contributed by atoms with Crippen molar-refractivity contribution in [3.63, 3.8) is 0 Å². The highest BCUT2D eigenvalue weighted by Crippen LogP contribution is 2.36. The van der Waals surface area contributed by atoms with Gasteiger partial charge >= 0.3 is 0 Å². The van der Waals surface area contributed by atoms with Crippen LogP contribution in [0.1, 0.15) is 17.2 Å². The minimum atomic E-state index is 0.227. The molecular formula is C20H20Cl2N2OS. The fourth-order valence-electron chi connectivity index (χ4n) is 2.58. The first kappa shape index (κ1) is 19.2. The number of hydrogen-bond acceptors (Lipinski definition) is 3. The van der Waals surface area contributed by atoms with Gasteiger partial charge in [-0.25, -0.2) is 4.98 Å². The van der Waals surface area contributed by atoms with E-state index >= 15 is 0 Å². The Hall–Kier alpha value is -1.62. The van der Waals surface area contributed by atoms with Crippen molar-refractivity contribution >= 4 is 35.0 Å². The average Bonchev–Trinajstić information content (AvgIpc) is 3.15. The lowest BCUT2D eigenvalue weighted by Gasteiger charge is -2.19. The predicted molar refractivity (Wildman–Crippen MR) is 110 cm³/mol. The van der Waals surface area contributed by atoms with Crippen LogP contribution in [0.25, 0.3) is 0 Å². The van der Waals surface area contributed by atoms with E-state index in [1.54, 1.807) is 12.3 Å². The van der Waals surface area contributed by atoms with Gasteiger partial charge in [-0.15, -0.1) is 0 Å². The highest BCUT2D eigenvalue weighted by atomic mass is 35.5. The first-order valence-corrected chi connectivity index (χ1v) is 10.2. The number of thioether (sulfide) groups is 1. The number of imidazole rings is 1. The monoisotopic (exact) mass is 406 g/mol. The Balaban J connectivity index is 1.57. The maximum Gasteiger partial charge on any atom is 0.119 e. The molecule has 0 amide bonds. The van der Waals surface area contributed by atoms with E-state index in [0.29, 0.717) is 16.7 Å². The van der Waals surface area contributed by atoms with Crippen LogP contribution in [0.5, 0.6) is 5.75 Å². The fourth-order valence-corrected chi connectivity index (χ4v) is 4.42. The van der Waals surface area contributed by atoms with Crippen molar-refractivity contribution in [2.45, 2.75) is 18.2 Å². The van der Waals surface area contributed by atoms with Gasteiger partial charge in [0.15, 0.2) is 0 Å². The van der Waals surface area contributed by atoms with Gasteiger partial charge < -0.3 is 9.30 Å². The Kier molecular flexibility index (Phi) is 7.30. The van der Waals surface area contributed by atoms with Gasteiger partial charge in [0.2, 0.25) is 0 Å². The number of rotatable bonds is 9. The van der Waals surface area contributed by atoms with Crippen LogP contribution in [0.4, 0.5) is 0 Å². The predicted octanol–water partition coefficient (Wildman–Crippen LogP) is 6.13. The lowest BCUT2D eigenvalue weighted by atomic mass is 10.1. The molecule has 3 nitrogen and oxygen atoms in total. The van der Waals surface area contributed by atoms with Crippen LogP contribution in [0.2, 0.25) is 10.0 Å². The molecule has 6 heteroatoms. The molecule has 0 N–H and O–H groups in total. The molecule has 0 spiro atoms. The summed E-state index contributed by atoms with van der Waals surface area (Å²) in [6.07, 6.45) is 6.55. The molecule has 26 heavy (non-hydrogen) atoms. The standard InChI is InChI=1S/C20H20Cl2N2OS/c21-16-7-8-18(19(22)13-16)20(14-24-10-9-23-15-24)26-12-4-11-25-17-5-2-1-3-6-17/h1-3,5-10,13,15,20H,4,11-12,14H2. The molecule has 1 atom stereocenters. The van der Waals surface area contributed by atoms with E-state index in [2.05, 4.69) is 9.55 Å². The normalized spacial score (nSPS) is 12.1. The van der Waals surface area contributed by atoms with Gasteiger partial charge in [-0.2, -0.15) is 11.8 Å². The van der Waals surface area contributed by atoms with Crippen molar-refractivity contribution in [1.82, 2.24) is 9.55 Å². The van der Waals surface area contributed by atoms with Gasteiger partial charge in [0.1, 0.15) is 5.75 Å². The van der Waals surface area contributed by atoms with Gasteiger partial charge in [0, 0.05) is 34.2 Å². The zero-order chi connectivity index (χ0) is 18.2. The summed E-state index contributed by atoms with van der Waals surface area (Å²) in [7, 11) is 0. The van der Waals surface area contributed by atoms with Gasteiger partial charge in [0.05, 0.1) is 12.9 Å². The minimum absolute atomic E-state index is 0.227. The summed E-state index contributed by atoms with van der Waals surface area (Å²) in [5, 5.41) is 1.59. The van der Waals surface area contributed by atoms with E-state index < -0.39 is 0 Å². The third-order valence-corrected chi connectivity index (χ3v) is 5.76. The summed E-state index contributed by atoms with van der Waals surface area (Å²) >= 11 is 14.4. The Bertz CT molecular complexity index is 797. The minimum Gasteiger partial charge on any atom is -0.494 e. The molecule has 0 bridgehead atoms. The molecule has 0 fully saturated rings. The zero-order valence-electron chi connectivity index (χ0n) is 14.2. The number of hydrogen-bond donors (Lipinski definition) is 0. The van der Waals surface area contributed by atoms with E-state index in [1.165, 1.54) is 0 Å². The molecule has 0 saturated heterocycles. The summed E-state index contributed by atoms with van der Waals surface area (Å²) in [6.45, 7) is 1.51. The largest absolute Gasteiger partial charge is 0.494 e. The second kappa shape index (κ2) is 9.91. The van der Waals surface area contributed by atoms with E-state index in [1.807, 2.05) is 66.8 Å². The number of aromatic nitrogens is 2. The first-order valence-electron chi connectivity index (χ1n) is 8.42. The second-order valence-electron chi connectivity index (χ2n) is 5.80.